The number of halogens is 2. The molecule has 4 rings (SSSR count). The van der Waals surface area contributed by atoms with Gasteiger partial charge in [-0.25, -0.2) is 21.9 Å². The lowest BCUT2D eigenvalue weighted by Gasteiger charge is -2.20. The Morgan fingerprint density at radius 1 is 1.23 bits per heavy atom. The lowest BCUT2D eigenvalue weighted by molar-refractivity contribution is -0.115. The minimum atomic E-state index is -3.97. The van der Waals surface area contributed by atoms with E-state index in [4.69, 9.17) is 4.52 Å². The molecule has 1 saturated carbocycles. The van der Waals surface area contributed by atoms with Gasteiger partial charge >= 0.3 is 0 Å². The number of aromatic nitrogens is 2. The Kier molecular flexibility index (Phi) is 5.62. The third-order valence-electron chi connectivity index (χ3n) is 4.62. The average molecular weight is 454 g/mol. The molecule has 0 saturated heterocycles. The largest absolute Gasteiger partial charge is 0.339 e. The van der Waals surface area contributed by atoms with E-state index in [2.05, 4.69) is 20.2 Å². The van der Waals surface area contributed by atoms with Crippen molar-refractivity contribution in [3.63, 3.8) is 0 Å². The summed E-state index contributed by atoms with van der Waals surface area (Å²) < 4.78 is 58.4. The Labute approximate surface area is 174 Å². The van der Waals surface area contributed by atoms with E-state index in [-0.39, 0.29) is 15.8 Å². The fourth-order valence-electron chi connectivity index (χ4n) is 2.76. The summed E-state index contributed by atoms with van der Waals surface area (Å²) in [6.07, 6.45) is 3.13. The molecule has 12 heteroatoms. The van der Waals surface area contributed by atoms with Crippen molar-refractivity contribution >= 4 is 33.0 Å². The van der Waals surface area contributed by atoms with Crippen LogP contribution in [0.25, 0.3) is 11.4 Å². The van der Waals surface area contributed by atoms with Gasteiger partial charge in [0.25, 0.3) is 10.0 Å². The molecule has 158 valence electrons. The summed E-state index contributed by atoms with van der Waals surface area (Å²) in [5.74, 6) is -1.78. The molecule has 1 aromatic carbocycles. The van der Waals surface area contributed by atoms with Crippen LogP contribution in [0.15, 0.2) is 38.4 Å². The number of nitrogens with zero attached hydrogens (tertiary/aromatic N) is 2. The Bertz CT molecular complexity index is 1190. The van der Waals surface area contributed by atoms with Gasteiger partial charge in [0.2, 0.25) is 17.6 Å². The second-order valence-corrected chi connectivity index (χ2v) is 9.65. The van der Waals surface area contributed by atoms with Gasteiger partial charge in [-0.05, 0) is 31.0 Å². The van der Waals surface area contributed by atoms with Crippen molar-refractivity contribution in [2.75, 3.05) is 11.9 Å². The van der Waals surface area contributed by atoms with Crippen molar-refractivity contribution < 1.29 is 26.5 Å². The summed E-state index contributed by atoms with van der Waals surface area (Å²) in [6, 6.07) is 4.22. The molecule has 1 amide bonds. The minimum Gasteiger partial charge on any atom is -0.339 e. The van der Waals surface area contributed by atoms with Gasteiger partial charge in [0.05, 0.1) is 6.54 Å². The van der Waals surface area contributed by atoms with Gasteiger partial charge in [0.1, 0.15) is 4.21 Å². The fraction of sp³-hybridized carbons (Fsp3) is 0.278. The Morgan fingerprint density at radius 3 is 2.73 bits per heavy atom. The van der Waals surface area contributed by atoms with Crippen molar-refractivity contribution in [2.24, 2.45) is 0 Å². The van der Waals surface area contributed by atoms with E-state index in [0.29, 0.717) is 17.3 Å². The van der Waals surface area contributed by atoms with Crippen LogP contribution in [0.3, 0.4) is 0 Å². The van der Waals surface area contributed by atoms with E-state index in [1.807, 2.05) is 0 Å². The van der Waals surface area contributed by atoms with Crippen LogP contribution in [0.5, 0.6) is 0 Å². The number of sulfonamides is 1. The molecule has 0 bridgehead atoms. The number of carbonyl (C=O) groups is 1. The van der Waals surface area contributed by atoms with Crippen LogP contribution in [0.4, 0.5) is 14.5 Å². The molecule has 0 atom stereocenters. The molecule has 0 aliphatic heterocycles. The van der Waals surface area contributed by atoms with E-state index in [0.717, 1.165) is 42.7 Å². The molecule has 1 aliphatic carbocycles. The standard InChI is InChI=1S/C18H16F2N4O4S2/c19-13-5-4-12(7-14(13)20)22-15(25)8-21-30(26,27)16-6-11(9-29-16)17-23-18(28-24-17)10-2-1-3-10/h4-7,9-10,21H,1-3,8H2,(H,22,25). The first-order chi connectivity index (χ1) is 14.3. The van der Waals surface area contributed by atoms with Crippen molar-refractivity contribution in [1.82, 2.24) is 14.9 Å². The third-order valence-corrected chi connectivity index (χ3v) is 7.46. The van der Waals surface area contributed by atoms with Crippen molar-refractivity contribution in [3.05, 3.63) is 47.2 Å². The predicted octanol–water partition coefficient (Wildman–Crippen LogP) is 3.26. The minimum absolute atomic E-state index is 0.0101. The number of thiophene rings is 1. The second-order valence-electron chi connectivity index (χ2n) is 6.74. The zero-order valence-corrected chi connectivity index (χ0v) is 17.0. The lowest BCUT2D eigenvalue weighted by atomic mass is 9.85. The van der Waals surface area contributed by atoms with E-state index >= 15 is 0 Å². The second kappa shape index (κ2) is 8.20. The van der Waals surface area contributed by atoms with Gasteiger partial charge in [-0.15, -0.1) is 11.3 Å². The quantitative estimate of drug-likeness (QED) is 0.566. The molecule has 30 heavy (non-hydrogen) atoms. The molecule has 1 aliphatic rings. The number of anilines is 1. The number of benzene rings is 1. The van der Waals surface area contributed by atoms with Crippen LogP contribution in [0, 0.1) is 11.6 Å². The van der Waals surface area contributed by atoms with Gasteiger partial charge in [0, 0.05) is 28.6 Å². The average Bonchev–Trinajstić information content (AvgIpc) is 3.32. The maximum atomic E-state index is 13.2. The van der Waals surface area contributed by atoms with Gasteiger partial charge < -0.3 is 9.84 Å². The van der Waals surface area contributed by atoms with E-state index in [1.54, 1.807) is 5.38 Å². The maximum Gasteiger partial charge on any atom is 0.250 e. The monoisotopic (exact) mass is 454 g/mol. The van der Waals surface area contributed by atoms with Crippen LogP contribution in [-0.2, 0) is 14.8 Å². The van der Waals surface area contributed by atoms with Crippen molar-refractivity contribution in [2.45, 2.75) is 29.4 Å². The molecule has 0 unspecified atom stereocenters. The van der Waals surface area contributed by atoms with Gasteiger partial charge in [-0.1, -0.05) is 11.6 Å². The Balaban J connectivity index is 1.38. The van der Waals surface area contributed by atoms with Crippen molar-refractivity contribution in [3.8, 4) is 11.4 Å². The number of amides is 1. The van der Waals surface area contributed by atoms with Gasteiger partial charge in [-0.3, -0.25) is 4.79 Å². The first-order valence-electron chi connectivity index (χ1n) is 8.99. The number of carbonyl (C=O) groups excluding carboxylic acids is 1. The highest BCUT2D eigenvalue weighted by Gasteiger charge is 2.26. The highest BCUT2D eigenvalue weighted by atomic mass is 32.2. The first-order valence-corrected chi connectivity index (χ1v) is 11.4. The molecular weight excluding hydrogens is 438 g/mol. The van der Waals surface area contributed by atoms with Crippen LogP contribution < -0.4 is 10.0 Å². The number of nitrogens with one attached hydrogen (secondary N) is 2. The zero-order valence-electron chi connectivity index (χ0n) is 15.4. The molecule has 2 N–H and O–H groups in total. The molecule has 2 aromatic heterocycles. The fourth-order valence-corrected chi connectivity index (χ4v) is 4.94. The number of hydrogen-bond acceptors (Lipinski definition) is 7. The van der Waals surface area contributed by atoms with E-state index < -0.39 is 34.1 Å². The van der Waals surface area contributed by atoms with Crippen molar-refractivity contribution in [1.29, 1.82) is 0 Å². The Hall–Kier alpha value is -2.70. The molecule has 0 radical (unpaired) electrons. The van der Waals surface area contributed by atoms with Crippen LogP contribution in [-0.4, -0.2) is 31.0 Å². The summed E-state index contributed by atoms with van der Waals surface area (Å²) >= 11 is 0.953. The zero-order chi connectivity index (χ0) is 21.3. The lowest BCUT2D eigenvalue weighted by Crippen LogP contribution is -2.32. The first kappa shape index (κ1) is 20.6. The van der Waals surface area contributed by atoms with Gasteiger partial charge in [-0.2, -0.15) is 4.98 Å². The maximum absolute atomic E-state index is 13.2. The van der Waals surface area contributed by atoms with Crippen LogP contribution in [0.1, 0.15) is 31.1 Å². The summed E-state index contributed by atoms with van der Waals surface area (Å²) in [5, 5.41) is 7.78. The predicted molar refractivity (Wildman–Crippen MR) is 104 cm³/mol. The molecular formula is C18H16F2N4O4S2. The molecule has 1 fully saturated rings. The highest BCUT2D eigenvalue weighted by molar-refractivity contribution is 7.91. The Morgan fingerprint density at radius 2 is 2.03 bits per heavy atom. The molecule has 8 nitrogen and oxygen atoms in total. The van der Waals surface area contributed by atoms with Crippen LogP contribution >= 0.6 is 11.3 Å². The molecule has 3 aromatic rings. The molecule has 2 heterocycles. The molecule has 0 spiro atoms. The smallest absolute Gasteiger partial charge is 0.250 e. The van der Waals surface area contributed by atoms with Crippen LogP contribution in [0.2, 0.25) is 0 Å². The highest BCUT2D eigenvalue weighted by Crippen LogP contribution is 2.36. The van der Waals surface area contributed by atoms with Gasteiger partial charge in [0.15, 0.2) is 11.6 Å². The normalized spacial score (nSPS) is 14.5. The number of rotatable bonds is 7. The third kappa shape index (κ3) is 4.40. The SMILES string of the molecule is O=C(CNS(=O)(=O)c1cc(-c2noc(C3CCC3)n2)cs1)Nc1ccc(F)c(F)c1. The summed E-state index contributed by atoms with van der Waals surface area (Å²) in [6.45, 7) is -0.581. The number of hydrogen-bond donors (Lipinski definition) is 2. The summed E-state index contributed by atoms with van der Waals surface area (Å²) in [4.78, 5) is 16.3. The van der Waals surface area contributed by atoms with E-state index in [1.165, 1.54) is 12.1 Å². The topological polar surface area (TPSA) is 114 Å². The van der Waals surface area contributed by atoms with E-state index in [9.17, 15) is 22.0 Å². The summed E-state index contributed by atoms with van der Waals surface area (Å²) in [5.41, 5.74) is 0.511. The summed E-state index contributed by atoms with van der Waals surface area (Å²) in [7, 11) is -3.97.